The normalized spacial score (nSPS) is 11.1. The molecule has 0 unspecified atom stereocenters. The first-order chi connectivity index (χ1) is 21.4. The van der Waals surface area contributed by atoms with Gasteiger partial charge in [-0.3, -0.25) is 9.59 Å². The molecule has 10 nitrogen and oxygen atoms in total. The van der Waals surface area contributed by atoms with Crippen LogP contribution in [0.15, 0.2) is 107 Å². The van der Waals surface area contributed by atoms with E-state index in [0.29, 0.717) is 50.2 Å². The molecule has 0 atom stereocenters. The Bertz CT molecular complexity index is 1860. The Kier molecular flexibility index (Phi) is 10.1. The molecule has 4 aromatic carbocycles. The van der Waals surface area contributed by atoms with E-state index in [-0.39, 0.29) is 23.9 Å². The number of aliphatic carboxylic acids is 2. The monoisotopic (exact) mass is 609 g/mol. The van der Waals surface area contributed by atoms with Crippen molar-refractivity contribution in [2.24, 2.45) is 0 Å². The maximum atomic E-state index is 12.3. The Morgan fingerprint density at radius 2 is 0.844 bits per heavy atom. The Hall–Kier alpha value is -5.32. The van der Waals surface area contributed by atoms with Crippen LogP contribution in [0, 0.1) is 0 Å². The summed E-state index contributed by atoms with van der Waals surface area (Å²) in [5.74, 6) is -2.36. The topological polar surface area (TPSA) is 147 Å². The molecule has 0 saturated heterocycles. The second-order valence-corrected chi connectivity index (χ2v) is 11.4. The molecule has 232 valence electrons. The van der Waals surface area contributed by atoms with E-state index in [1.165, 1.54) is 0 Å². The molecule has 2 heterocycles. The van der Waals surface area contributed by atoms with E-state index in [0.717, 1.165) is 11.0 Å². The van der Waals surface area contributed by atoms with Crippen LogP contribution in [0.3, 0.4) is 0 Å². The van der Waals surface area contributed by atoms with Crippen LogP contribution in [0.5, 0.6) is 0 Å². The minimum Gasteiger partial charge on any atom is -0.548 e. The summed E-state index contributed by atoms with van der Waals surface area (Å²) in [6, 6.07) is 28.0. The zero-order valence-corrected chi connectivity index (χ0v) is 25.4. The van der Waals surface area contributed by atoms with E-state index >= 15 is 0 Å². The van der Waals surface area contributed by atoms with E-state index in [4.69, 9.17) is 5.11 Å². The van der Waals surface area contributed by atoms with Gasteiger partial charge >= 0.3 is 0 Å². The van der Waals surface area contributed by atoms with Crippen molar-refractivity contribution in [2.45, 2.75) is 13.1 Å². The predicted octanol–water partition coefficient (Wildman–Crippen LogP) is 1.23. The number of likely N-dealkylation sites (N-methyl/N-ethyl adjacent to an activating group) is 1. The van der Waals surface area contributed by atoms with Crippen LogP contribution in [-0.4, -0.2) is 65.0 Å². The fourth-order valence-electron chi connectivity index (χ4n) is 5.09. The van der Waals surface area contributed by atoms with Gasteiger partial charge in [0, 0.05) is 21.5 Å². The average Bonchev–Trinajstić information content (AvgIpc) is 3.01. The average molecular weight is 610 g/mol. The molecule has 0 aliphatic rings. The number of hydrogen-bond acceptors (Lipinski definition) is 6. The van der Waals surface area contributed by atoms with Gasteiger partial charge in [0.25, 0.3) is 0 Å². The largest absolute Gasteiger partial charge is 0.548 e. The predicted molar refractivity (Wildman–Crippen MR) is 173 cm³/mol. The van der Waals surface area contributed by atoms with Crippen molar-refractivity contribution in [1.29, 1.82) is 0 Å². The fraction of sp³-hybridized carbons (Fsp3) is 0.200. The maximum Gasteiger partial charge on any atom is 0.197 e. The molecule has 0 spiro atoms. The standard InChI is InChI=1S/2C15H11NO3.C5H14NO/c2*17-14(18)9-16-12-7-3-1-5-10(12)15(19)11-6-2-4-8-13(11)16;1-6(2,3)4-5-7/h2*1-8H,9H2,(H,17,18);7H,4-5H2,1-3H3/q;;+1/p-1. The fourth-order valence-corrected chi connectivity index (χ4v) is 5.09. The molecule has 0 saturated carbocycles. The third-order valence-corrected chi connectivity index (χ3v) is 7.11. The summed E-state index contributed by atoms with van der Waals surface area (Å²) in [5, 5.41) is 30.8. The molecule has 0 fully saturated rings. The van der Waals surface area contributed by atoms with Crippen LogP contribution in [0.2, 0.25) is 0 Å². The van der Waals surface area contributed by atoms with Crippen molar-refractivity contribution >= 4 is 55.6 Å². The summed E-state index contributed by atoms with van der Waals surface area (Å²) in [5.41, 5.74) is 2.26. The molecule has 0 bridgehead atoms. The number of quaternary nitrogens is 1. The van der Waals surface area contributed by atoms with Crippen LogP contribution < -0.4 is 21.1 Å². The highest BCUT2D eigenvalue weighted by molar-refractivity contribution is 5.95. The Morgan fingerprint density at radius 3 is 1.04 bits per heavy atom. The summed E-state index contributed by atoms with van der Waals surface area (Å²) in [6.07, 6.45) is 0. The zero-order valence-electron chi connectivity index (χ0n) is 25.4. The van der Waals surface area contributed by atoms with Crippen LogP contribution in [0.4, 0.5) is 0 Å². The molecule has 6 aromatic rings. The van der Waals surface area contributed by atoms with Gasteiger partial charge in [-0.2, -0.15) is 0 Å². The zero-order chi connectivity index (χ0) is 32.7. The van der Waals surface area contributed by atoms with E-state index in [1.807, 2.05) is 0 Å². The first-order valence-corrected chi connectivity index (χ1v) is 14.3. The van der Waals surface area contributed by atoms with Crippen LogP contribution in [-0.2, 0) is 22.7 Å². The SMILES string of the molecule is C[N+](C)(C)CC[OH2+].O=C([O-])Cn1c2ccccc2c(=O)c2ccccc21.O=C([O-])Cn1c2ccccc2c(=O)c2ccccc21. The number of para-hydroxylation sites is 4. The third-order valence-electron chi connectivity index (χ3n) is 7.11. The smallest absolute Gasteiger partial charge is 0.197 e. The molecule has 2 N–H and O–H groups in total. The molecule has 0 aliphatic heterocycles. The lowest BCUT2D eigenvalue weighted by Gasteiger charge is -2.20. The summed E-state index contributed by atoms with van der Waals surface area (Å²) in [7, 11) is 6.28. The van der Waals surface area contributed by atoms with E-state index < -0.39 is 11.9 Å². The molecular formula is C35H35N3O7. The Labute approximate surface area is 258 Å². The van der Waals surface area contributed by atoms with Crippen molar-refractivity contribution in [3.05, 3.63) is 118 Å². The molecule has 6 rings (SSSR count). The highest BCUT2D eigenvalue weighted by Gasteiger charge is 2.11. The van der Waals surface area contributed by atoms with E-state index in [9.17, 15) is 29.4 Å². The number of carbonyl (C=O) groups excluding carboxylic acids is 2. The first kappa shape index (κ1) is 32.6. The highest BCUT2D eigenvalue weighted by Crippen LogP contribution is 2.20. The van der Waals surface area contributed by atoms with Gasteiger partial charge in [-0.1, -0.05) is 48.5 Å². The molecular weight excluding hydrogens is 574 g/mol. The number of carboxylic acid groups (broad SMARTS) is 2. The quantitative estimate of drug-likeness (QED) is 0.158. The summed E-state index contributed by atoms with van der Waals surface area (Å²) in [6.45, 7) is 0.923. The molecule has 10 heteroatoms. The van der Waals surface area contributed by atoms with Crippen molar-refractivity contribution < 1.29 is 29.4 Å². The van der Waals surface area contributed by atoms with Crippen molar-refractivity contribution in [1.82, 2.24) is 9.13 Å². The molecule has 0 amide bonds. The number of hydrogen-bond donors (Lipinski definition) is 0. The van der Waals surface area contributed by atoms with Gasteiger partial charge in [0.15, 0.2) is 17.5 Å². The van der Waals surface area contributed by atoms with Gasteiger partial charge in [0.05, 0.1) is 68.2 Å². The van der Waals surface area contributed by atoms with Gasteiger partial charge < -0.3 is 38.5 Å². The molecule has 45 heavy (non-hydrogen) atoms. The number of nitrogens with zero attached hydrogens (tertiary/aromatic N) is 3. The van der Waals surface area contributed by atoms with Gasteiger partial charge in [0.1, 0.15) is 6.54 Å². The van der Waals surface area contributed by atoms with Crippen LogP contribution in [0.1, 0.15) is 0 Å². The van der Waals surface area contributed by atoms with E-state index in [1.54, 1.807) is 106 Å². The maximum absolute atomic E-state index is 12.3. The number of aromatic nitrogens is 2. The van der Waals surface area contributed by atoms with Crippen molar-refractivity contribution in [3.8, 4) is 0 Å². The minimum absolute atomic E-state index is 0.0826. The summed E-state index contributed by atoms with van der Waals surface area (Å²) < 4.78 is 4.10. The lowest BCUT2D eigenvalue weighted by molar-refractivity contribution is -0.870. The molecule has 2 aromatic heterocycles. The molecule has 0 radical (unpaired) electrons. The summed E-state index contributed by atoms with van der Waals surface area (Å²) >= 11 is 0. The van der Waals surface area contributed by atoms with Gasteiger partial charge in [-0.15, -0.1) is 0 Å². The highest BCUT2D eigenvalue weighted by atomic mass is 16.4. The number of benzene rings is 4. The molecule has 0 aliphatic carbocycles. The number of carboxylic acids is 2. The summed E-state index contributed by atoms with van der Waals surface area (Å²) in [4.78, 5) is 46.6. The van der Waals surface area contributed by atoms with E-state index in [2.05, 4.69) is 21.1 Å². The van der Waals surface area contributed by atoms with Crippen molar-refractivity contribution in [3.63, 3.8) is 0 Å². The van der Waals surface area contributed by atoms with Crippen LogP contribution in [0.25, 0.3) is 43.6 Å². The van der Waals surface area contributed by atoms with Gasteiger partial charge in [-0.25, -0.2) is 0 Å². The Morgan fingerprint density at radius 1 is 0.578 bits per heavy atom. The Balaban J connectivity index is 0.000000170. The third kappa shape index (κ3) is 7.61. The lowest BCUT2D eigenvalue weighted by Crippen LogP contribution is -2.36. The van der Waals surface area contributed by atoms with Crippen LogP contribution >= 0.6 is 0 Å². The second-order valence-electron chi connectivity index (χ2n) is 11.4. The number of rotatable bonds is 6. The second kappa shape index (κ2) is 14.0. The minimum atomic E-state index is -1.18. The number of carbonyl (C=O) groups is 2. The van der Waals surface area contributed by atoms with Gasteiger partial charge in [-0.05, 0) is 48.5 Å². The number of pyridine rings is 2. The van der Waals surface area contributed by atoms with Crippen molar-refractivity contribution in [2.75, 3.05) is 34.3 Å². The first-order valence-electron chi connectivity index (χ1n) is 14.3. The number of fused-ring (bicyclic) bond motifs is 4. The lowest BCUT2D eigenvalue weighted by atomic mass is 10.1. The van der Waals surface area contributed by atoms with Gasteiger partial charge in [0.2, 0.25) is 0 Å².